The van der Waals surface area contributed by atoms with Gasteiger partial charge in [-0.1, -0.05) is 36.4 Å². The summed E-state index contributed by atoms with van der Waals surface area (Å²) in [5.41, 5.74) is 2.27. The number of methoxy groups -OCH3 is 1. The van der Waals surface area contributed by atoms with Gasteiger partial charge in [-0.15, -0.1) is 0 Å². The van der Waals surface area contributed by atoms with Crippen molar-refractivity contribution < 1.29 is 18.7 Å². The van der Waals surface area contributed by atoms with Gasteiger partial charge >= 0.3 is 0 Å². The summed E-state index contributed by atoms with van der Waals surface area (Å²) in [5, 5.41) is 2.98. The van der Waals surface area contributed by atoms with Crippen molar-refractivity contribution in [1.29, 1.82) is 0 Å². The molecule has 0 spiro atoms. The van der Waals surface area contributed by atoms with Crippen LogP contribution in [0.25, 0.3) is 11.6 Å². The van der Waals surface area contributed by atoms with Crippen molar-refractivity contribution >= 4 is 17.6 Å². The summed E-state index contributed by atoms with van der Waals surface area (Å²) in [7, 11) is 1.60. The van der Waals surface area contributed by atoms with E-state index in [0.717, 1.165) is 11.1 Å². The Morgan fingerprint density at radius 3 is 2.52 bits per heavy atom. The smallest absolute Gasteiger partial charge is 0.252 e. The topological polar surface area (TPSA) is 60.7 Å². The maximum Gasteiger partial charge on any atom is 0.252 e. The van der Waals surface area contributed by atoms with E-state index in [0.29, 0.717) is 29.4 Å². The van der Waals surface area contributed by atoms with Crippen molar-refractivity contribution in [2.75, 3.05) is 7.11 Å². The lowest BCUT2D eigenvalue weighted by atomic mass is 10.0. The Morgan fingerprint density at radius 2 is 1.86 bits per heavy atom. The van der Waals surface area contributed by atoms with E-state index in [1.54, 1.807) is 25.5 Å². The summed E-state index contributed by atoms with van der Waals surface area (Å²) in [5.74, 6) is 1.75. The van der Waals surface area contributed by atoms with Crippen LogP contribution < -0.4 is 14.8 Å². The van der Waals surface area contributed by atoms with Crippen LogP contribution in [-0.2, 0) is 11.3 Å². The second-order valence-corrected chi connectivity index (χ2v) is 6.77. The standard InChI is InChI=1S/C24H25NO4/c1-17(2)29-22-12-11-18(14-23(22)27-3)16-25-24(26)21(15-20-10-7-13-28-20)19-8-5-4-6-9-19/h4-15,17H,16H2,1-3H3,(H,25,26)/b21-15+. The molecule has 2 aromatic carbocycles. The fourth-order valence-corrected chi connectivity index (χ4v) is 2.86. The second-order valence-electron chi connectivity index (χ2n) is 6.77. The number of carbonyl (C=O) groups is 1. The van der Waals surface area contributed by atoms with Crippen LogP contribution in [0.5, 0.6) is 11.5 Å². The monoisotopic (exact) mass is 391 g/mol. The first-order chi connectivity index (χ1) is 14.1. The molecule has 0 fully saturated rings. The first-order valence-corrected chi connectivity index (χ1v) is 9.49. The zero-order valence-corrected chi connectivity index (χ0v) is 16.8. The van der Waals surface area contributed by atoms with E-state index in [4.69, 9.17) is 13.9 Å². The van der Waals surface area contributed by atoms with Crippen molar-refractivity contribution in [2.45, 2.75) is 26.5 Å². The van der Waals surface area contributed by atoms with Crippen LogP contribution in [0.2, 0.25) is 0 Å². The largest absolute Gasteiger partial charge is 0.493 e. The van der Waals surface area contributed by atoms with Crippen LogP contribution in [0.3, 0.4) is 0 Å². The Balaban J connectivity index is 1.77. The number of rotatable bonds is 8. The van der Waals surface area contributed by atoms with Crippen molar-refractivity contribution in [3.8, 4) is 11.5 Å². The SMILES string of the molecule is COc1cc(CNC(=O)/C(=C/c2ccco2)c2ccccc2)ccc1OC(C)C. The molecule has 5 nitrogen and oxygen atoms in total. The van der Waals surface area contributed by atoms with Crippen LogP contribution >= 0.6 is 0 Å². The number of nitrogens with one attached hydrogen (secondary N) is 1. The second kappa shape index (κ2) is 9.64. The molecule has 0 saturated heterocycles. The lowest BCUT2D eigenvalue weighted by molar-refractivity contribution is -0.115. The van der Waals surface area contributed by atoms with Crippen molar-refractivity contribution in [3.05, 3.63) is 83.8 Å². The molecule has 150 valence electrons. The lowest BCUT2D eigenvalue weighted by Gasteiger charge is -2.15. The number of hydrogen-bond acceptors (Lipinski definition) is 4. The Bertz CT molecular complexity index is 960. The Hall–Kier alpha value is -3.47. The molecule has 1 amide bonds. The van der Waals surface area contributed by atoms with Crippen molar-refractivity contribution in [2.24, 2.45) is 0 Å². The minimum Gasteiger partial charge on any atom is -0.493 e. The van der Waals surface area contributed by atoms with Gasteiger partial charge < -0.3 is 19.2 Å². The third kappa shape index (κ3) is 5.51. The summed E-state index contributed by atoms with van der Waals surface area (Å²) in [6.07, 6.45) is 3.37. The quantitative estimate of drug-likeness (QED) is 0.553. The predicted molar refractivity (Wildman–Crippen MR) is 114 cm³/mol. The molecule has 0 atom stereocenters. The van der Waals surface area contributed by atoms with Crippen LogP contribution in [0, 0.1) is 0 Å². The predicted octanol–water partition coefficient (Wildman–Crippen LogP) is 4.93. The maximum absolute atomic E-state index is 12.9. The Kier molecular flexibility index (Phi) is 6.74. The van der Waals surface area contributed by atoms with Gasteiger partial charge in [0.1, 0.15) is 5.76 Å². The molecule has 0 aliphatic rings. The van der Waals surface area contributed by atoms with Gasteiger partial charge in [0.15, 0.2) is 11.5 Å². The highest BCUT2D eigenvalue weighted by atomic mass is 16.5. The maximum atomic E-state index is 12.9. The molecule has 29 heavy (non-hydrogen) atoms. The molecule has 1 heterocycles. The number of carbonyl (C=O) groups excluding carboxylic acids is 1. The molecule has 1 aromatic heterocycles. The molecule has 3 aromatic rings. The van der Waals surface area contributed by atoms with Crippen LogP contribution in [0.15, 0.2) is 71.3 Å². The minimum absolute atomic E-state index is 0.0506. The van der Waals surface area contributed by atoms with Gasteiger partial charge in [0.05, 0.1) is 25.1 Å². The molecule has 0 saturated carbocycles. The molecule has 3 rings (SSSR count). The number of hydrogen-bond donors (Lipinski definition) is 1. The number of furan rings is 1. The molecule has 0 aliphatic heterocycles. The van der Waals surface area contributed by atoms with E-state index in [1.807, 2.05) is 68.4 Å². The summed E-state index contributed by atoms with van der Waals surface area (Å²) in [6, 6.07) is 18.8. The summed E-state index contributed by atoms with van der Waals surface area (Å²) in [4.78, 5) is 12.9. The van der Waals surface area contributed by atoms with Crippen LogP contribution in [-0.4, -0.2) is 19.1 Å². The number of benzene rings is 2. The van der Waals surface area contributed by atoms with Crippen molar-refractivity contribution in [1.82, 2.24) is 5.32 Å². The van der Waals surface area contributed by atoms with Gasteiger partial charge in [0.25, 0.3) is 5.91 Å². The van der Waals surface area contributed by atoms with Gasteiger partial charge in [-0.05, 0) is 55.3 Å². The van der Waals surface area contributed by atoms with E-state index >= 15 is 0 Å². The first kappa shape index (κ1) is 20.3. The van der Waals surface area contributed by atoms with E-state index in [1.165, 1.54) is 0 Å². The average Bonchev–Trinajstić information content (AvgIpc) is 3.24. The minimum atomic E-state index is -0.186. The number of amides is 1. The van der Waals surface area contributed by atoms with Gasteiger partial charge in [0, 0.05) is 6.54 Å². The van der Waals surface area contributed by atoms with Crippen molar-refractivity contribution in [3.63, 3.8) is 0 Å². The third-order valence-corrected chi connectivity index (χ3v) is 4.20. The van der Waals surface area contributed by atoms with Gasteiger partial charge in [-0.25, -0.2) is 0 Å². The molecule has 5 heteroatoms. The highest BCUT2D eigenvalue weighted by Crippen LogP contribution is 2.29. The average molecular weight is 391 g/mol. The zero-order chi connectivity index (χ0) is 20.6. The summed E-state index contributed by atoms with van der Waals surface area (Å²) < 4.78 is 16.5. The molecule has 0 radical (unpaired) electrons. The lowest BCUT2D eigenvalue weighted by Crippen LogP contribution is -2.23. The van der Waals surface area contributed by atoms with Crippen LogP contribution in [0.1, 0.15) is 30.7 Å². The third-order valence-electron chi connectivity index (χ3n) is 4.20. The fraction of sp³-hybridized carbons (Fsp3) is 0.208. The first-order valence-electron chi connectivity index (χ1n) is 9.49. The summed E-state index contributed by atoms with van der Waals surface area (Å²) >= 11 is 0. The molecule has 0 bridgehead atoms. The van der Waals surface area contributed by atoms with Crippen LogP contribution in [0.4, 0.5) is 0 Å². The van der Waals surface area contributed by atoms with Gasteiger partial charge in [0.2, 0.25) is 0 Å². The summed E-state index contributed by atoms with van der Waals surface area (Å²) in [6.45, 7) is 4.29. The highest BCUT2D eigenvalue weighted by Gasteiger charge is 2.14. The van der Waals surface area contributed by atoms with E-state index < -0.39 is 0 Å². The zero-order valence-electron chi connectivity index (χ0n) is 16.8. The molecule has 0 unspecified atom stereocenters. The van der Waals surface area contributed by atoms with Gasteiger partial charge in [-0.3, -0.25) is 4.79 Å². The molecular formula is C24H25NO4. The molecular weight excluding hydrogens is 366 g/mol. The molecule has 1 N–H and O–H groups in total. The Labute approximate surface area is 171 Å². The fourth-order valence-electron chi connectivity index (χ4n) is 2.86. The number of ether oxygens (including phenoxy) is 2. The van der Waals surface area contributed by atoms with E-state index in [2.05, 4.69) is 5.32 Å². The Morgan fingerprint density at radius 1 is 1.07 bits per heavy atom. The highest BCUT2D eigenvalue weighted by molar-refractivity contribution is 6.24. The van der Waals surface area contributed by atoms with E-state index in [-0.39, 0.29) is 12.0 Å². The van der Waals surface area contributed by atoms with Gasteiger partial charge in [-0.2, -0.15) is 0 Å². The van der Waals surface area contributed by atoms with E-state index in [9.17, 15) is 4.79 Å². The molecule has 0 aliphatic carbocycles. The normalized spacial score (nSPS) is 11.4.